The van der Waals surface area contributed by atoms with Gasteiger partial charge in [0.1, 0.15) is 11.3 Å². The van der Waals surface area contributed by atoms with Crippen LogP contribution in [0.25, 0.3) is 21.7 Å². The fourth-order valence-corrected chi connectivity index (χ4v) is 2.76. The van der Waals surface area contributed by atoms with Crippen LogP contribution in [0.3, 0.4) is 0 Å². The van der Waals surface area contributed by atoms with Gasteiger partial charge in [-0.2, -0.15) is 0 Å². The minimum absolute atomic E-state index is 0.0701. The molecular weight excluding hydrogens is 284 g/mol. The van der Waals surface area contributed by atoms with Crippen LogP contribution >= 0.6 is 11.3 Å². The SMILES string of the molecule is CC(C)(C)NCc1csc(-c2cc3cc(O)ccc3o2)n1. The first-order valence-electron chi connectivity index (χ1n) is 6.83. The van der Waals surface area contributed by atoms with E-state index in [2.05, 4.69) is 31.1 Å². The second kappa shape index (κ2) is 5.16. The number of thiazole rings is 1. The number of aromatic hydroxyl groups is 1. The number of benzene rings is 1. The Morgan fingerprint density at radius 1 is 1.29 bits per heavy atom. The van der Waals surface area contributed by atoms with Gasteiger partial charge in [0.05, 0.1) is 5.69 Å². The Balaban J connectivity index is 1.84. The fourth-order valence-electron chi connectivity index (χ4n) is 1.99. The molecule has 3 aromatic rings. The Morgan fingerprint density at radius 2 is 2.10 bits per heavy atom. The van der Waals surface area contributed by atoms with Gasteiger partial charge in [-0.15, -0.1) is 11.3 Å². The van der Waals surface area contributed by atoms with E-state index >= 15 is 0 Å². The first kappa shape index (κ1) is 14.1. The predicted molar refractivity (Wildman–Crippen MR) is 85.6 cm³/mol. The zero-order valence-corrected chi connectivity index (χ0v) is 13.1. The van der Waals surface area contributed by atoms with Gasteiger partial charge in [-0.3, -0.25) is 0 Å². The smallest absolute Gasteiger partial charge is 0.164 e. The van der Waals surface area contributed by atoms with E-state index in [4.69, 9.17) is 4.42 Å². The highest BCUT2D eigenvalue weighted by Crippen LogP contribution is 2.31. The van der Waals surface area contributed by atoms with Crippen molar-refractivity contribution in [2.45, 2.75) is 32.9 Å². The maximum Gasteiger partial charge on any atom is 0.164 e. The topological polar surface area (TPSA) is 58.3 Å². The Hall–Kier alpha value is -1.85. The molecule has 0 aliphatic carbocycles. The molecule has 0 amide bonds. The second-order valence-corrected chi connectivity index (χ2v) is 6.94. The molecule has 110 valence electrons. The number of nitrogens with zero attached hydrogens (tertiary/aromatic N) is 1. The zero-order valence-electron chi connectivity index (χ0n) is 12.3. The van der Waals surface area contributed by atoms with E-state index in [0.29, 0.717) is 0 Å². The van der Waals surface area contributed by atoms with Crippen molar-refractivity contribution in [3.05, 3.63) is 35.3 Å². The predicted octanol–water partition coefficient (Wildman–Crippen LogP) is 4.15. The number of furan rings is 1. The van der Waals surface area contributed by atoms with Gasteiger partial charge < -0.3 is 14.8 Å². The Morgan fingerprint density at radius 3 is 2.86 bits per heavy atom. The average molecular weight is 302 g/mol. The third-order valence-corrected chi connectivity index (χ3v) is 3.97. The number of nitrogens with one attached hydrogen (secondary N) is 1. The number of phenolic OH excluding ortho intramolecular Hbond substituents is 1. The Kier molecular flexibility index (Phi) is 3.47. The fraction of sp³-hybridized carbons (Fsp3) is 0.312. The lowest BCUT2D eigenvalue weighted by atomic mass is 10.1. The van der Waals surface area contributed by atoms with Crippen molar-refractivity contribution < 1.29 is 9.52 Å². The lowest BCUT2D eigenvalue weighted by molar-refractivity contribution is 0.422. The molecule has 0 saturated carbocycles. The molecule has 0 radical (unpaired) electrons. The molecule has 0 unspecified atom stereocenters. The molecular formula is C16H18N2O2S. The van der Waals surface area contributed by atoms with Crippen molar-refractivity contribution in [3.63, 3.8) is 0 Å². The molecule has 1 aromatic carbocycles. The molecule has 5 heteroatoms. The maximum absolute atomic E-state index is 9.50. The quantitative estimate of drug-likeness (QED) is 0.763. The number of fused-ring (bicyclic) bond motifs is 1. The van der Waals surface area contributed by atoms with E-state index in [1.807, 2.05) is 11.4 Å². The summed E-state index contributed by atoms with van der Waals surface area (Å²) in [5.74, 6) is 0.978. The first-order valence-corrected chi connectivity index (χ1v) is 7.71. The largest absolute Gasteiger partial charge is 0.508 e. The maximum atomic E-state index is 9.50. The number of aromatic nitrogens is 1. The van der Waals surface area contributed by atoms with Gasteiger partial charge in [0.15, 0.2) is 10.8 Å². The number of hydrogen-bond acceptors (Lipinski definition) is 5. The van der Waals surface area contributed by atoms with E-state index in [9.17, 15) is 5.11 Å². The van der Waals surface area contributed by atoms with Crippen LogP contribution in [0.2, 0.25) is 0 Å². The summed E-state index contributed by atoms with van der Waals surface area (Å²) in [4.78, 5) is 4.60. The minimum Gasteiger partial charge on any atom is -0.508 e. The van der Waals surface area contributed by atoms with Crippen LogP contribution in [0.4, 0.5) is 0 Å². The van der Waals surface area contributed by atoms with Crippen LogP contribution in [0.15, 0.2) is 34.1 Å². The molecule has 0 bridgehead atoms. The van der Waals surface area contributed by atoms with Crippen LogP contribution in [-0.2, 0) is 6.54 Å². The van der Waals surface area contributed by atoms with Gasteiger partial charge in [0, 0.05) is 22.8 Å². The van der Waals surface area contributed by atoms with Crippen LogP contribution in [0.1, 0.15) is 26.5 Å². The number of rotatable bonds is 3. The molecule has 0 aliphatic rings. The molecule has 4 nitrogen and oxygen atoms in total. The lowest BCUT2D eigenvalue weighted by Gasteiger charge is -2.19. The molecule has 0 fully saturated rings. The van der Waals surface area contributed by atoms with Crippen LogP contribution in [-0.4, -0.2) is 15.6 Å². The standard InChI is InChI=1S/C16H18N2O2S/c1-16(2,3)17-8-11-9-21-15(18-11)14-7-10-6-12(19)4-5-13(10)20-14/h4-7,9,17,19H,8H2,1-3H3. The van der Waals surface area contributed by atoms with E-state index in [0.717, 1.165) is 34.0 Å². The Labute approximate surface area is 127 Å². The van der Waals surface area contributed by atoms with Crippen molar-refractivity contribution in [1.29, 1.82) is 0 Å². The third-order valence-electron chi connectivity index (χ3n) is 3.06. The summed E-state index contributed by atoms with van der Waals surface area (Å²) < 4.78 is 5.78. The average Bonchev–Trinajstić information content (AvgIpc) is 3.00. The molecule has 2 aromatic heterocycles. The molecule has 0 atom stereocenters. The summed E-state index contributed by atoms with van der Waals surface area (Å²) >= 11 is 1.57. The highest BCUT2D eigenvalue weighted by molar-refractivity contribution is 7.13. The van der Waals surface area contributed by atoms with Crippen LogP contribution < -0.4 is 5.32 Å². The normalized spacial score (nSPS) is 12.1. The lowest BCUT2D eigenvalue weighted by Crippen LogP contribution is -2.35. The second-order valence-electron chi connectivity index (χ2n) is 6.08. The first-order chi connectivity index (χ1) is 9.90. The van der Waals surface area contributed by atoms with Gasteiger partial charge in [0.2, 0.25) is 0 Å². The monoisotopic (exact) mass is 302 g/mol. The van der Waals surface area contributed by atoms with E-state index < -0.39 is 0 Å². The number of phenols is 1. The third kappa shape index (κ3) is 3.25. The highest BCUT2D eigenvalue weighted by Gasteiger charge is 2.13. The molecule has 0 saturated heterocycles. The summed E-state index contributed by atoms with van der Waals surface area (Å²) in [6, 6.07) is 6.99. The minimum atomic E-state index is 0.0701. The van der Waals surface area contributed by atoms with E-state index in [1.165, 1.54) is 0 Å². The van der Waals surface area contributed by atoms with Gasteiger partial charge in [-0.1, -0.05) is 0 Å². The summed E-state index contributed by atoms with van der Waals surface area (Å²) in [5.41, 5.74) is 1.83. The van der Waals surface area contributed by atoms with Crippen molar-refractivity contribution in [2.24, 2.45) is 0 Å². The van der Waals surface area contributed by atoms with E-state index in [1.54, 1.807) is 29.5 Å². The van der Waals surface area contributed by atoms with Crippen molar-refractivity contribution >= 4 is 22.3 Å². The molecule has 0 spiro atoms. The van der Waals surface area contributed by atoms with Gasteiger partial charge in [0.25, 0.3) is 0 Å². The summed E-state index contributed by atoms with van der Waals surface area (Å²) in [7, 11) is 0. The van der Waals surface area contributed by atoms with Crippen molar-refractivity contribution in [3.8, 4) is 16.5 Å². The van der Waals surface area contributed by atoms with Gasteiger partial charge in [-0.05, 0) is 45.0 Å². The number of hydrogen-bond donors (Lipinski definition) is 2. The van der Waals surface area contributed by atoms with Crippen LogP contribution in [0, 0.1) is 0 Å². The molecule has 0 aliphatic heterocycles. The molecule has 2 N–H and O–H groups in total. The van der Waals surface area contributed by atoms with Crippen LogP contribution in [0.5, 0.6) is 5.75 Å². The molecule has 3 rings (SSSR count). The van der Waals surface area contributed by atoms with Gasteiger partial charge in [-0.25, -0.2) is 4.98 Å². The zero-order chi connectivity index (χ0) is 15.0. The van der Waals surface area contributed by atoms with Crippen molar-refractivity contribution in [1.82, 2.24) is 10.3 Å². The molecule has 21 heavy (non-hydrogen) atoms. The van der Waals surface area contributed by atoms with E-state index in [-0.39, 0.29) is 11.3 Å². The Bertz CT molecular complexity index is 768. The van der Waals surface area contributed by atoms with Gasteiger partial charge >= 0.3 is 0 Å². The highest BCUT2D eigenvalue weighted by atomic mass is 32.1. The summed E-state index contributed by atoms with van der Waals surface area (Å²) in [6.07, 6.45) is 0. The van der Waals surface area contributed by atoms with Crippen molar-refractivity contribution in [2.75, 3.05) is 0 Å². The summed E-state index contributed by atoms with van der Waals surface area (Å²) in [6.45, 7) is 7.13. The molecule has 2 heterocycles. The summed E-state index contributed by atoms with van der Waals surface area (Å²) in [5, 5.41) is 16.7.